The molecule has 1 fully saturated rings. The maximum atomic E-state index is 11.8. The fourth-order valence-corrected chi connectivity index (χ4v) is 2.57. The molecule has 1 aromatic carbocycles. The van der Waals surface area contributed by atoms with E-state index >= 15 is 0 Å². The molecule has 5 nitrogen and oxygen atoms in total. The number of rotatable bonds is 1. The first-order valence-electron chi connectivity index (χ1n) is 5.46. The molecule has 0 spiro atoms. The molecule has 2 aliphatic rings. The van der Waals surface area contributed by atoms with Crippen LogP contribution in [0.5, 0.6) is 0 Å². The Bertz CT molecular complexity index is 500. The summed E-state index contributed by atoms with van der Waals surface area (Å²) in [7, 11) is 1.34. The quantitative estimate of drug-likeness (QED) is 0.734. The standard InChI is InChI=1S/C12H12N2O3/c1-17-11(15)10-8-5-3-2-4-7(8)9-6-14(10)12(16)13-9/h2-5,9-10H,6H2,1H3,(H,13,16)/t9-,10+/m0/s1. The maximum absolute atomic E-state index is 11.8. The smallest absolute Gasteiger partial charge is 0.333 e. The molecule has 3 rings (SSSR count). The van der Waals surface area contributed by atoms with Crippen LogP contribution in [0.4, 0.5) is 4.79 Å². The van der Waals surface area contributed by atoms with Gasteiger partial charge < -0.3 is 15.0 Å². The Morgan fingerprint density at radius 3 is 2.82 bits per heavy atom. The maximum Gasteiger partial charge on any atom is 0.333 e. The van der Waals surface area contributed by atoms with Gasteiger partial charge in [0.05, 0.1) is 13.2 Å². The second-order valence-electron chi connectivity index (χ2n) is 4.21. The van der Waals surface area contributed by atoms with Crippen LogP contribution >= 0.6 is 0 Å². The average Bonchev–Trinajstić information content (AvgIpc) is 2.68. The van der Waals surface area contributed by atoms with Gasteiger partial charge >= 0.3 is 12.0 Å². The van der Waals surface area contributed by atoms with Crippen LogP contribution < -0.4 is 5.32 Å². The minimum Gasteiger partial charge on any atom is -0.467 e. The van der Waals surface area contributed by atoms with E-state index in [0.29, 0.717) is 6.54 Å². The lowest BCUT2D eigenvalue weighted by atomic mass is 9.91. The van der Waals surface area contributed by atoms with Gasteiger partial charge in [0.25, 0.3) is 0 Å². The number of amides is 2. The van der Waals surface area contributed by atoms with Crippen LogP contribution in [0.1, 0.15) is 23.2 Å². The van der Waals surface area contributed by atoms with Crippen LogP contribution in [0, 0.1) is 0 Å². The Hall–Kier alpha value is -2.04. The van der Waals surface area contributed by atoms with Gasteiger partial charge in [-0.1, -0.05) is 24.3 Å². The zero-order chi connectivity index (χ0) is 12.0. The normalized spacial score (nSPS) is 25.2. The molecule has 2 aliphatic heterocycles. The van der Waals surface area contributed by atoms with Crippen LogP contribution in [-0.2, 0) is 9.53 Å². The number of carbonyl (C=O) groups excluding carboxylic acids is 2. The number of fused-ring (bicyclic) bond motifs is 4. The number of ether oxygens (including phenoxy) is 1. The van der Waals surface area contributed by atoms with Gasteiger partial charge in [0.1, 0.15) is 0 Å². The summed E-state index contributed by atoms with van der Waals surface area (Å²) in [5.74, 6) is -0.395. The third-order valence-electron chi connectivity index (χ3n) is 3.34. The SMILES string of the molecule is COC(=O)[C@H]1c2ccccc2[C@@H]2CN1C(=O)N2. The summed E-state index contributed by atoms with van der Waals surface area (Å²) in [5, 5.41) is 2.86. The first-order chi connectivity index (χ1) is 8.22. The van der Waals surface area contributed by atoms with Crippen LogP contribution in [0.25, 0.3) is 0 Å². The number of hydrogen-bond donors (Lipinski definition) is 1. The molecular formula is C12H12N2O3. The minimum atomic E-state index is -0.616. The third-order valence-corrected chi connectivity index (χ3v) is 3.34. The van der Waals surface area contributed by atoms with Crippen molar-refractivity contribution in [3.8, 4) is 0 Å². The van der Waals surface area contributed by atoms with Crippen LogP contribution in [0.2, 0.25) is 0 Å². The molecule has 0 saturated carbocycles. The lowest BCUT2D eigenvalue weighted by molar-refractivity contribution is -0.146. The van der Waals surface area contributed by atoms with Gasteiger partial charge in [-0.15, -0.1) is 0 Å². The first-order valence-corrected chi connectivity index (χ1v) is 5.46. The molecule has 2 amide bonds. The van der Waals surface area contributed by atoms with Crippen molar-refractivity contribution < 1.29 is 14.3 Å². The minimum absolute atomic E-state index is 0.0143. The van der Waals surface area contributed by atoms with Crippen molar-refractivity contribution in [2.75, 3.05) is 13.7 Å². The second-order valence-corrected chi connectivity index (χ2v) is 4.21. The lowest BCUT2D eigenvalue weighted by Gasteiger charge is -2.30. The predicted octanol–water partition coefficient (Wildman–Crippen LogP) is 0.981. The highest BCUT2D eigenvalue weighted by atomic mass is 16.5. The van der Waals surface area contributed by atoms with Gasteiger partial charge in [0, 0.05) is 6.54 Å². The number of carbonyl (C=O) groups is 2. The topological polar surface area (TPSA) is 58.6 Å². The Labute approximate surface area is 98.4 Å². The largest absolute Gasteiger partial charge is 0.467 e. The van der Waals surface area contributed by atoms with E-state index in [-0.39, 0.29) is 12.1 Å². The van der Waals surface area contributed by atoms with Crippen LogP contribution in [0.15, 0.2) is 24.3 Å². The van der Waals surface area contributed by atoms with Crippen molar-refractivity contribution in [2.45, 2.75) is 12.1 Å². The third kappa shape index (κ3) is 1.32. The highest BCUT2D eigenvalue weighted by Gasteiger charge is 2.45. The molecule has 2 atom stereocenters. The Kier molecular flexibility index (Phi) is 2.07. The molecule has 0 radical (unpaired) electrons. The predicted molar refractivity (Wildman–Crippen MR) is 59.2 cm³/mol. The van der Waals surface area contributed by atoms with E-state index in [4.69, 9.17) is 4.74 Å². The van der Waals surface area contributed by atoms with Gasteiger partial charge in [-0.05, 0) is 11.1 Å². The highest BCUT2D eigenvalue weighted by Crippen LogP contribution is 2.38. The molecule has 2 heterocycles. The zero-order valence-corrected chi connectivity index (χ0v) is 9.34. The van der Waals surface area contributed by atoms with Gasteiger partial charge in [0.2, 0.25) is 0 Å². The van der Waals surface area contributed by atoms with Gasteiger partial charge in [-0.3, -0.25) is 0 Å². The molecule has 88 valence electrons. The summed E-state index contributed by atoms with van der Waals surface area (Å²) in [6, 6.07) is 6.75. The van der Waals surface area contributed by atoms with E-state index in [1.54, 1.807) is 0 Å². The second kappa shape index (κ2) is 3.48. The number of esters is 1. The van der Waals surface area contributed by atoms with E-state index in [1.165, 1.54) is 12.0 Å². The highest BCUT2D eigenvalue weighted by molar-refractivity contribution is 5.88. The lowest BCUT2D eigenvalue weighted by Crippen LogP contribution is -2.38. The van der Waals surface area contributed by atoms with Crippen LogP contribution in [-0.4, -0.2) is 30.6 Å². The fraction of sp³-hybridized carbons (Fsp3) is 0.333. The molecule has 5 heteroatoms. The zero-order valence-electron chi connectivity index (χ0n) is 9.34. The number of nitrogens with one attached hydrogen (secondary N) is 1. The van der Waals surface area contributed by atoms with Crippen molar-refractivity contribution in [3.63, 3.8) is 0 Å². The Balaban J connectivity index is 2.14. The molecular weight excluding hydrogens is 220 g/mol. The number of urea groups is 1. The van der Waals surface area contributed by atoms with E-state index < -0.39 is 12.0 Å². The van der Waals surface area contributed by atoms with Crippen molar-refractivity contribution in [2.24, 2.45) is 0 Å². The monoisotopic (exact) mass is 232 g/mol. The van der Waals surface area contributed by atoms with Crippen molar-refractivity contribution in [1.82, 2.24) is 10.2 Å². The Morgan fingerprint density at radius 2 is 2.12 bits per heavy atom. The molecule has 1 aromatic rings. The van der Waals surface area contributed by atoms with E-state index in [1.807, 2.05) is 24.3 Å². The number of hydrogen-bond acceptors (Lipinski definition) is 3. The number of methoxy groups -OCH3 is 1. The van der Waals surface area contributed by atoms with Gasteiger partial charge in [0.15, 0.2) is 6.04 Å². The summed E-state index contributed by atoms with van der Waals surface area (Å²) >= 11 is 0. The molecule has 1 saturated heterocycles. The van der Waals surface area contributed by atoms with Crippen LogP contribution in [0.3, 0.4) is 0 Å². The number of nitrogens with zero attached hydrogens (tertiary/aromatic N) is 1. The molecule has 0 aromatic heterocycles. The van der Waals surface area contributed by atoms with Gasteiger partial charge in [-0.25, -0.2) is 9.59 Å². The summed E-state index contributed by atoms with van der Waals surface area (Å²) in [6.45, 7) is 0.523. The number of benzene rings is 1. The average molecular weight is 232 g/mol. The van der Waals surface area contributed by atoms with Gasteiger partial charge in [-0.2, -0.15) is 0 Å². The molecule has 1 N–H and O–H groups in total. The first kappa shape index (κ1) is 10.1. The van der Waals surface area contributed by atoms with Crippen molar-refractivity contribution in [1.29, 1.82) is 0 Å². The summed E-state index contributed by atoms with van der Waals surface area (Å²) < 4.78 is 4.78. The van der Waals surface area contributed by atoms with Crippen molar-refractivity contribution in [3.05, 3.63) is 35.4 Å². The molecule has 17 heavy (non-hydrogen) atoms. The summed E-state index contributed by atoms with van der Waals surface area (Å²) in [5.41, 5.74) is 1.86. The molecule has 2 bridgehead atoms. The van der Waals surface area contributed by atoms with E-state index in [2.05, 4.69) is 5.32 Å². The summed E-state index contributed by atoms with van der Waals surface area (Å²) in [6.07, 6.45) is 0. The fourth-order valence-electron chi connectivity index (χ4n) is 2.57. The van der Waals surface area contributed by atoms with E-state index in [9.17, 15) is 9.59 Å². The van der Waals surface area contributed by atoms with E-state index in [0.717, 1.165) is 11.1 Å². The molecule has 0 unspecified atom stereocenters. The van der Waals surface area contributed by atoms with Crippen molar-refractivity contribution >= 4 is 12.0 Å². The summed E-state index contributed by atoms with van der Waals surface area (Å²) in [4.78, 5) is 25.1. The Morgan fingerprint density at radius 1 is 1.41 bits per heavy atom. The molecule has 0 aliphatic carbocycles.